The van der Waals surface area contributed by atoms with Gasteiger partial charge in [-0.25, -0.2) is 4.39 Å². The molecule has 0 spiro atoms. The Hall–Kier alpha value is -0.600. The van der Waals surface area contributed by atoms with Crippen LogP contribution in [0.5, 0.6) is 0 Å². The number of hydrogen-bond donors (Lipinski definition) is 1. The molecule has 0 amide bonds. The molecular weight excluding hydrogens is 203 g/mol. The smallest absolute Gasteiger partial charge is 0.145 e. The second-order valence-corrected chi connectivity index (χ2v) is 4.02. The lowest BCUT2D eigenvalue weighted by molar-refractivity contribution is 0.270. The van der Waals surface area contributed by atoms with E-state index < -0.39 is 5.82 Å². The van der Waals surface area contributed by atoms with Crippen molar-refractivity contribution in [3.05, 3.63) is 33.6 Å². The minimum Gasteiger partial charge on any atom is -0.396 e. The van der Waals surface area contributed by atoms with Crippen LogP contribution in [0.4, 0.5) is 4.39 Å². The van der Waals surface area contributed by atoms with E-state index in [4.69, 9.17) is 16.7 Å². The van der Waals surface area contributed by atoms with Crippen LogP contribution in [0, 0.1) is 19.7 Å². The Balaban J connectivity index is 3.39. The fourth-order valence-electron chi connectivity index (χ4n) is 1.54. The Bertz CT molecular complexity index is 323. The van der Waals surface area contributed by atoms with Crippen molar-refractivity contribution in [3.63, 3.8) is 0 Å². The molecule has 1 unspecified atom stereocenters. The van der Waals surface area contributed by atoms with Crippen molar-refractivity contribution in [2.24, 2.45) is 0 Å². The maximum absolute atomic E-state index is 13.6. The average Bonchev–Trinajstić information content (AvgIpc) is 2.15. The summed E-state index contributed by atoms with van der Waals surface area (Å²) in [5.74, 6) is -0.622. The topological polar surface area (TPSA) is 20.2 Å². The van der Waals surface area contributed by atoms with E-state index in [1.165, 1.54) is 0 Å². The molecule has 0 aliphatic heterocycles. The van der Waals surface area contributed by atoms with Gasteiger partial charge in [0.25, 0.3) is 0 Å². The Morgan fingerprint density at radius 2 is 2.07 bits per heavy atom. The van der Waals surface area contributed by atoms with E-state index in [9.17, 15) is 4.39 Å². The monoisotopic (exact) mass is 216 g/mol. The van der Waals surface area contributed by atoms with Gasteiger partial charge < -0.3 is 5.11 Å². The lowest BCUT2D eigenvalue weighted by atomic mass is 9.93. The van der Waals surface area contributed by atoms with Crippen LogP contribution in [0.15, 0.2) is 6.07 Å². The van der Waals surface area contributed by atoms with Crippen molar-refractivity contribution in [3.8, 4) is 0 Å². The summed E-state index contributed by atoms with van der Waals surface area (Å²) in [5.41, 5.74) is 2.35. The third kappa shape index (κ3) is 1.91. The summed E-state index contributed by atoms with van der Waals surface area (Å²) in [6, 6.07) is 1.61. The van der Waals surface area contributed by atoms with Crippen molar-refractivity contribution < 1.29 is 9.50 Å². The standard InChI is InChI=1S/C11H14ClFO/c1-6-4-9(12)11(13)10(8(6)3)7(2)5-14/h4,7,14H,5H2,1-3H3. The molecule has 14 heavy (non-hydrogen) atoms. The van der Waals surface area contributed by atoms with Crippen LogP contribution in [0.1, 0.15) is 29.5 Å². The molecule has 1 aromatic carbocycles. The zero-order valence-corrected chi connectivity index (χ0v) is 9.32. The number of benzene rings is 1. The van der Waals surface area contributed by atoms with Crippen LogP contribution < -0.4 is 0 Å². The minimum absolute atomic E-state index is 0.0719. The number of hydrogen-bond acceptors (Lipinski definition) is 1. The number of aliphatic hydroxyl groups is 1. The summed E-state index contributed by atoms with van der Waals surface area (Å²) < 4.78 is 13.6. The van der Waals surface area contributed by atoms with Gasteiger partial charge in [0.05, 0.1) is 5.02 Å². The van der Waals surface area contributed by atoms with Crippen molar-refractivity contribution in [1.29, 1.82) is 0 Å². The molecule has 0 heterocycles. The molecule has 0 aliphatic carbocycles. The summed E-state index contributed by atoms with van der Waals surface area (Å²) in [6.07, 6.45) is 0. The highest BCUT2D eigenvalue weighted by atomic mass is 35.5. The van der Waals surface area contributed by atoms with Crippen molar-refractivity contribution in [2.75, 3.05) is 6.61 Å². The summed E-state index contributed by atoms with van der Waals surface area (Å²) in [7, 11) is 0. The molecule has 0 saturated heterocycles. The van der Waals surface area contributed by atoms with E-state index in [-0.39, 0.29) is 17.5 Å². The predicted molar refractivity (Wildman–Crippen MR) is 56.4 cm³/mol. The number of rotatable bonds is 2. The van der Waals surface area contributed by atoms with Crippen LogP contribution >= 0.6 is 11.6 Å². The summed E-state index contributed by atoms with van der Waals surface area (Å²) >= 11 is 5.74. The highest BCUT2D eigenvalue weighted by Crippen LogP contribution is 2.30. The van der Waals surface area contributed by atoms with Crippen LogP contribution in [-0.4, -0.2) is 11.7 Å². The molecule has 0 aliphatic rings. The van der Waals surface area contributed by atoms with E-state index in [0.717, 1.165) is 11.1 Å². The quantitative estimate of drug-likeness (QED) is 0.805. The summed E-state index contributed by atoms with van der Waals surface area (Å²) in [6.45, 7) is 5.43. The second-order valence-electron chi connectivity index (χ2n) is 3.61. The molecule has 1 atom stereocenters. The highest BCUT2D eigenvalue weighted by Gasteiger charge is 2.17. The predicted octanol–water partition coefficient (Wildman–Crippen LogP) is 3.19. The number of aryl methyl sites for hydroxylation is 1. The second kappa shape index (κ2) is 4.28. The maximum Gasteiger partial charge on any atom is 0.145 e. The highest BCUT2D eigenvalue weighted by molar-refractivity contribution is 6.30. The normalized spacial score (nSPS) is 13.0. The minimum atomic E-state index is -0.406. The zero-order valence-electron chi connectivity index (χ0n) is 8.56. The fourth-order valence-corrected chi connectivity index (χ4v) is 1.81. The maximum atomic E-state index is 13.6. The van der Waals surface area contributed by atoms with Crippen LogP contribution in [-0.2, 0) is 0 Å². The van der Waals surface area contributed by atoms with Gasteiger partial charge in [-0.15, -0.1) is 0 Å². The third-order valence-electron chi connectivity index (χ3n) is 2.55. The van der Waals surface area contributed by atoms with Gasteiger partial charge in [-0.05, 0) is 36.6 Å². The summed E-state index contributed by atoms with van der Waals surface area (Å²) in [5, 5.41) is 9.14. The van der Waals surface area contributed by atoms with E-state index in [1.807, 2.05) is 13.8 Å². The van der Waals surface area contributed by atoms with E-state index in [2.05, 4.69) is 0 Å². The first kappa shape index (κ1) is 11.5. The Labute approximate surface area is 88.5 Å². The van der Waals surface area contributed by atoms with Gasteiger partial charge in [-0.3, -0.25) is 0 Å². The first-order chi connectivity index (χ1) is 6.49. The van der Waals surface area contributed by atoms with Gasteiger partial charge >= 0.3 is 0 Å². The van der Waals surface area contributed by atoms with E-state index in [0.29, 0.717) is 5.56 Å². The fraction of sp³-hybridized carbons (Fsp3) is 0.455. The largest absolute Gasteiger partial charge is 0.396 e. The van der Waals surface area contributed by atoms with Crippen molar-refractivity contribution in [1.82, 2.24) is 0 Å². The van der Waals surface area contributed by atoms with Gasteiger partial charge in [0, 0.05) is 12.5 Å². The first-order valence-electron chi connectivity index (χ1n) is 4.55. The molecule has 0 fully saturated rings. The molecule has 1 nitrogen and oxygen atoms in total. The van der Waals surface area contributed by atoms with E-state index in [1.54, 1.807) is 13.0 Å². The summed E-state index contributed by atoms with van der Waals surface area (Å²) in [4.78, 5) is 0. The molecule has 0 aromatic heterocycles. The Morgan fingerprint density at radius 1 is 1.50 bits per heavy atom. The van der Waals surface area contributed by atoms with E-state index >= 15 is 0 Å². The van der Waals surface area contributed by atoms with Crippen molar-refractivity contribution in [2.45, 2.75) is 26.7 Å². The molecule has 1 N–H and O–H groups in total. The molecule has 3 heteroatoms. The van der Waals surface area contributed by atoms with Gasteiger partial charge in [-0.2, -0.15) is 0 Å². The number of halogens is 2. The lowest BCUT2D eigenvalue weighted by Crippen LogP contribution is -2.06. The molecule has 1 aromatic rings. The molecule has 0 radical (unpaired) electrons. The Kier molecular flexibility index (Phi) is 3.51. The van der Waals surface area contributed by atoms with Crippen molar-refractivity contribution >= 4 is 11.6 Å². The average molecular weight is 217 g/mol. The zero-order chi connectivity index (χ0) is 10.9. The Morgan fingerprint density at radius 3 is 2.57 bits per heavy atom. The van der Waals surface area contributed by atoms with Crippen LogP contribution in [0.3, 0.4) is 0 Å². The third-order valence-corrected chi connectivity index (χ3v) is 2.83. The lowest BCUT2D eigenvalue weighted by Gasteiger charge is -2.16. The van der Waals surface area contributed by atoms with Gasteiger partial charge in [0.15, 0.2) is 0 Å². The SMILES string of the molecule is Cc1cc(Cl)c(F)c(C(C)CO)c1C. The van der Waals surface area contributed by atoms with Crippen LogP contribution in [0.2, 0.25) is 5.02 Å². The van der Waals surface area contributed by atoms with Gasteiger partial charge in [0.2, 0.25) is 0 Å². The first-order valence-corrected chi connectivity index (χ1v) is 4.92. The molecular formula is C11H14ClFO. The molecule has 0 bridgehead atoms. The molecule has 78 valence electrons. The molecule has 0 saturated carbocycles. The van der Waals surface area contributed by atoms with Gasteiger partial charge in [0.1, 0.15) is 5.82 Å². The van der Waals surface area contributed by atoms with Gasteiger partial charge in [-0.1, -0.05) is 18.5 Å². The molecule has 1 rings (SSSR count). The van der Waals surface area contributed by atoms with Crippen LogP contribution in [0.25, 0.3) is 0 Å². The number of aliphatic hydroxyl groups excluding tert-OH is 1.